The van der Waals surface area contributed by atoms with E-state index in [0.717, 1.165) is 18.8 Å². The molecule has 0 radical (unpaired) electrons. The lowest BCUT2D eigenvalue weighted by Gasteiger charge is -2.47. The first-order valence-electron chi connectivity index (χ1n) is 7.19. The molecule has 1 N–H and O–H groups in total. The summed E-state index contributed by atoms with van der Waals surface area (Å²) in [6, 6.07) is 5.60. The van der Waals surface area contributed by atoms with E-state index in [1.165, 1.54) is 7.11 Å². The van der Waals surface area contributed by atoms with Gasteiger partial charge in [-0.1, -0.05) is 13.8 Å². The Morgan fingerprint density at radius 1 is 1.40 bits per heavy atom. The number of hydrogen-bond acceptors (Lipinski definition) is 3. The van der Waals surface area contributed by atoms with Gasteiger partial charge in [-0.3, -0.25) is 0 Å². The Morgan fingerprint density at radius 2 is 2.10 bits per heavy atom. The molecule has 0 aromatic heterocycles. The van der Waals surface area contributed by atoms with Gasteiger partial charge in [0.2, 0.25) is 0 Å². The van der Waals surface area contributed by atoms with Gasteiger partial charge in [-0.25, -0.2) is 4.39 Å². The second kappa shape index (κ2) is 5.60. The first kappa shape index (κ1) is 15.1. The molecule has 0 amide bonds. The highest BCUT2D eigenvalue weighted by atomic mass is 19.1. The molecule has 3 nitrogen and oxygen atoms in total. The maximum absolute atomic E-state index is 14.0. The van der Waals surface area contributed by atoms with Crippen LogP contribution in [0.5, 0.6) is 5.75 Å². The smallest absolute Gasteiger partial charge is 0.167 e. The normalized spacial score (nSPS) is 22.1. The van der Waals surface area contributed by atoms with Crippen molar-refractivity contribution in [3.8, 4) is 5.75 Å². The molecular formula is C16H25FN2O. The van der Waals surface area contributed by atoms with E-state index in [1.807, 2.05) is 6.07 Å². The summed E-state index contributed by atoms with van der Waals surface area (Å²) in [6.45, 7) is 10.5. The Bertz CT molecular complexity index is 474. The molecule has 1 aromatic carbocycles. The van der Waals surface area contributed by atoms with E-state index < -0.39 is 0 Å². The predicted octanol–water partition coefficient (Wildman–Crippen LogP) is 3.05. The lowest BCUT2D eigenvalue weighted by molar-refractivity contribution is 0.277. The van der Waals surface area contributed by atoms with Crippen LogP contribution in [0.25, 0.3) is 0 Å². The van der Waals surface area contributed by atoms with Crippen molar-refractivity contribution >= 4 is 5.69 Å². The van der Waals surface area contributed by atoms with Gasteiger partial charge in [0.05, 0.1) is 7.11 Å². The molecule has 1 aliphatic heterocycles. The molecule has 1 aromatic rings. The van der Waals surface area contributed by atoms with Crippen LogP contribution in [0.15, 0.2) is 18.2 Å². The van der Waals surface area contributed by atoms with Crippen LogP contribution >= 0.6 is 0 Å². The summed E-state index contributed by atoms with van der Waals surface area (Å²) in [6.07, 6.45) is 0. The highest BCUT2D eigenvalue weighted by Gasteiger charge is 2.34. The average Bonchev–Trinajstić information content (AvgIpc) is 2.37. The minimum absolute atomic E-state index is 0.0296. The first-order chi connectivity index (χ1) is 9.34. The molecule has 1 atom stereocenters. The van der Waals surface area contributed by atoms with Crippen LogP contribution in [0, 0.1) is 11.7 Å². The lowest BCUT2D eigenvalue weighted by Crippen LogP contribution is -2.63. The molecule has 0 aliphatic carbocycles. The van der Waals surface area contributed by atoms with E-state index >= 15 is 0 Å². The summed E-state index contributed by atoms with van der Waals surface area (Å²) in [7, 11) is 1.49. The SMILES string of the molecule is COc1ccc(N2CC(C)(C)NCC2C(C)C)cc1F. The molecule has 1 heterocycles. The Labute approximate surface area is 121 Å². The summed E-state index contributed by atoms with van der Waals surface area (Å²) >= 11 is 0. The van der Waals surface area contributed by atoms with Gasteiger partial charge in [0.25, 0.3) is 0 Å². The summed E-state index contributed by atoms with van der Waals surface area (Å²) in [4.78, 5) is 2.31. The van der Waals surface area contributed by atoms with Gasteiger partial charge in [-0.05, 0) is 31.9 Å². The highest BCUT2D eigenvalue weighted by Crippen LogP contribution is 2.30. The fourth-order valence-corrected chi connectivity index (χ4v) is 2.80. The number of piperazine rings is 1. The zero-order valence-corrected chi connectivity index (χ0v) is 13.0. The van der Waals surface area contributed by atoms with Gasteiger partial charge < -0.3 is 15.0 Å². The third-order valence-corrected chi connectivity index (χ3v) is 3.99. The van der Waals surface area contributed by atoms with E-state index in [0.29, 0.717) is 17.7 Å². The van der Waals surface area contributed by atoms with Crippen molar-refractivity contribution in [2.24, 2.45) is 5.92 Å². The number of halogens is 1. The summed E-state index contributed by atoms with van der Waals surface area (Å²) in [5.74, 6) is 0.497. The summed E-state index contributed by atoms with van der Waals surface area (Å²) in [5, 5.41) is 3.57. The van der Waals surface area contributed by atoms with Crippen molar-refractivity contribution in [2.75, 3.05) is 25.1 Å². The Kier molecular flexibility index (Phi) is 4.23. The van der Waals surface area contributed by atoms with E-state index in [4.69, 9.17) is 4.74 Å². The van der Waals surface area contributed by atoms with Crippen molar-refractivity contribution < 1.29 is 9.13 Å². The molecule has 20 heavy (non-hydrogen) atoms. The average molecular weight is 280 g/mol. The molecule has 0 saturated carbocycles. The van der Waals surface area contributed by atoms with E-state index in [1.54, 1.807) is 12.1 Å². The van der Waals surface area contributed by atoms with Gasteiger partial charge in [0.1, 0.15) is 0 Å². The third-order valence-electron chi connectivity index (χ3n) is 3.99. The Balaban J connectivity index is 2.32. The zero-order chi connectivity index (χ0) is 14.9. The monoisotopic (exact) mass is 280 g/mol. The second-order valence-electron chi connectivity index (χ2n) is 6.52. The van der Waals surface area contributed by atoms with E-state index in [9.17, 15) is 4.39 Å². The molecule has 1 aliphatic rings. The van der Waals surface area contributed by atoms with Crippen LogP contribution < -0.4 is 15.0 Å². The van der Waals surface area contributed by atoms with E-state index in [2.05, 4.69) is 37.9 Å². The van der Waals surface area contributed by atoms with Crippen LogP contribution in [0.3, 0.4) is 0 Å². The molecule has 2 rings (SSSR count). The number of rotatable bonds is 3. The molecule has 112 valence electrons. The van der Waals surface area contributed by atoms with Crippen LogP contribution in [0.4, 0.5) is 10.1 Å². The van der Waals surface area contributed by atoms with Gasteiger partial charge in [-0.15, -0.1) is 0 Å². The van der Waals surface area contributed by atoms with Crippen molar-refractivity contribution in [1.82, 2.24) is 5.32 Å². The topological polar surface area (TPSA) is 24.5 Å². The van der Waals surface area contributed by atoms with Crippen LogP contribution in [-0.2, 0) is 0 Å². The van der Waals surface area contributed by atoms with E-state index in [-0.39, 0.29) is 11.4 Å². The van der Waals surface area contributed by atoms with Gasteiger partial charge in [0.15, 0.2) is 11.6 Å². The zero-order valence-electron chi connectivity index (χ0n) is 13.0. The highest BCUT2D eigenvalue weighted by molar-refractivity contribution is 5.52. The number of nitrogens with zero attached hydrogens (tertiary/aromatic N) is 1. The molecule has 0 spiro atoms. The third kappa shape index (κ3) is 3.06. The summed E-state index contributed by atoms with van der Waals surface area (Å²) < 4.78 is 19.0. The molecule has 1 saturated heterocycles. The number of nitrogens with one attached hydrogen (secondary N) is 1. The van der Waals surface area contributed by atoms with Crippen LogP contribution in [0.1, 0.15) is 27.7 Å². The quantitative estimate of drug-likeness (QED) is 0.921. The van der Waals surface area contributed by atoms with Crippen molar-refractivity contribution in [3.05, 3.63) is 24.0 Å². The minimum Gasteiger partial charge on any atom is -0.494 e. The molecule has 1 fully saturated rings. The van der Waals surface area contributed by atoms with Crippen LogP contribution in [0.2, 0.25) is 0 Å². The Morgan fingerprint density at radius 3 is 2.65 bits per heavy atom. The largest absolute Gasteiger partial charge is 0.494 e. The van der Waals surface area contributed by atoms with Gasteiger partial charge in [-0.2, -0.15) is 0 Å². The van der Waals surface area contributed by atoms with Gasteiger partial charge in [0, 0.05) is 36.4 Å². The first-order valence-corrected chi connectivity index (χ1v) is 7.19. The molecule has 0 bridgehead atoms. The molecule has 4 heteroatoms. The van der Waals surface area contributed by atoms with Crippen molar-refractivity contribution in [1.29, 1.82) is 0 Å². The van der Waals surface area contributed by atoms with Crippen molar-refractivity contribution in [2.45, 2.75) is 39.3 Å². The number of ether oxygens (including phenoxy) is 1. The Hall–Kier alpha value is -1.29. The second-order valence-corrected chi connectivity index (χ2v) is 6.52. The predicted molar refractivity (Wildman–Crippen MR) is 81.0 cm³/mol. The fraction of sp³-hybridized carbons (Fsp3) is 0.625. The number of anilines is 1. The van der Waals surface area contributed by atoms with Crippen molar-refractivity contribution in [3.63, 3.8) is 0 Å². The minimum atomic E-state index is -0.302. The maximum Gasteiger partial charge on any atom is 0.167 e. The lowest BCUT2D eigenvalue weighted by atomic mass is 9.92. The fourth-order valence-electron chi connectivity index (χ4n) is 2.80. The summed E-state index contributed by atoms with van der Waals surface area (Å²) in [5.41, 5.74) is 0.957. The molecule has 1 unspecified atom stereocenters. The number of benzene rings is 1. The maximum atomic E-state index is 14.0. The van der Waals surface area contributed by atoms with Gasteiger partial charge >= 0.3 is 0 Å². The number of methoxy groups -OCH3 is 1. The molecular weight excluding hydrogens is 255 g/mol. The van der Waals surface area contributed by atoms with Crippen LogP contribution in [-0.4, -0.2) is 31.8 Å². The standard InChI is InChI=1S/C16H25FN2O/c1-11(2)14-9-18-16(3,4)10-19(14)12-6-7-15(20-5)13(17)8-12/h6-8,11,14,18H,9-10H2,1-5H3. The number of hydrogen-bond donors (Lipinski definition) is 1.